The van der Waals surface area contributed by atoms with Crippen molar-refractivity contribution in [1.29, 1.82) is 0 Å². The summed E-state index contributed by atoms with van der Waals surface area (Å²) in [6.45, 7) is 0. The number of hydrogen-bond acceptors (Lipinski definition) is 3. The number of nitrogen functional groups attached to an aromatic ring is 1. The van der Waals surface area contributed by atoms with Gasteiger partial charge >= 0.3 is 5.97 Å². The molecule has 17 heavy (non-hydrogen) atoms. The van der Waals surface area contributed by atoms with Gasteiger partial charge in [0, 0.05) is 4.88 Å². The molecule has 1 unspecified atom stereocenters. The number of carbonyl (C=O) groups is 1. The number of rotatable bonds is 2. The Balaban J connectivity index is 2.06. The molecule has 2 aliphatic carbocycles. The first-order valence-electron chi connectivity index (χ1n) is 6.32. The van der Waals surface area contributed by atoms with Gasteiger partial charge in [-0.1, -0.05) is 12.8 Å². The van der Waals surface area contributed by atoms with Crippen LogP contribution in [0.2, 0.25) is 0 Å². The summed E-state index contributed by atoms with van der Waals surface area (Å²) >= 11 is 1.63. The van der Waals surface area contributed by atoms with E-state index in [1.54, 1.807) is 11.3 Å². The minimum atomic E-state index is -0.680. The zero-order chi connectivity index (χ0) is 12.0. The molecule has 0 aromatic carbocycles. The third kappa shape index (κ3) is 1.66. The smallest absolute Gasteiger partial charge is 0.311 e. The van der Waals surface area contributed by atoms with Crippen molar-refractivity contribution in [3.63, 3.8) is 0 Å². The van der Waals surface area contributed by atoms with E-state index in [9.17, 15) is 9.90 Å². The molecule has 0 saturated heterocycles. The Kier molecular flexibility index (Phi) is 2.62. The number of aryl methyl sites for hydroxylation is 1. The van der Waals surface area contributed by atoms with Gasteiger partial charge in [-0.15, -0.1) is 11.3 Å². The van der Waals surface area contributed by atoms with Gasteiger partial charge in [0.05, 0.1) is 10.9 Å². The topological polar surface area (TPSA) is 63.3 Å². The summed E-state index contributed by atoms with van der Waals surface area (Å²) in [4.78, 5) is 12.5. The van der Waals surface area contributed by atoms with Crippen LogP contribution in [-0.2, 0) is 11.2 Å². The number of thiophene rings is 1. The van der Waals surface area contributed by atoms with Crippen molar-refractivity contribution in [1.82, 2.24) is 0 Å². The van der Waals surface area contributed by atoms with E-state index in [4.69, 9.17) is 5.73 Å². The molecular formula is C13H17NO2S. The van der Waals surface area contributed by atoms with Crippen LogP contribution in [0.4, 0.5) is 5.00 Å². The van der Waals surface area contributed by atoms with Crippen LogP contribution in [0.1, 0.15) is 59.9 Å². The maximum atomic E-state index is 11.3. The Hall–Kier alpha value is -1.03. The SMILES string of the molecule is Nc1sc2c(c1C1CCCC1)C(C(=O)O)CC2. The Labute approximate surface area is 105 Å². The van der Waals surface area contributed by atoms with Gasteiger partial charge in [0.2, 0.25) is 0 Å². The van der Waals surface area contributed by atoms with Crippen LogP contribution < -0.4 is 5.73 Å². The lowest BCUT2D eigenvalue weighted by Crippen LogP contribution is -2.11. The summed E-state index contributed by atoms with van der Waals surface area (Å²) in [5.41, 5.74) is 8.41. The van der Waals surface area contributed by atoms with Gasteiger partial charge in [-0.25, -0.2) is 0 Å². The zero-order valence-electron chi connectivity index (χ0n) is 9.74. The lowest BCUT2D eigenvalue weighted by atomic mass is 9.90. The average Bonchev–Trinajstić information content (AvgIpc) is 2.91. The van der Waals surface area contributed by atoms with Gasteiger partial charge in [-0.05, 0) is 42.7 Å². The fourth-order valence-electron chi connectivity index (χ4n) is 3.40. The van der Waals surface area contributed by atoms with Gasteiger partial charge in [0.1, 0.15) is 0 Å². The van der Waals surface area contributed by atoms with E-state index in [1.807, 2.05) is 0 Å². The van der Waals surface area contributed by atoms with Gasteiger partial charge < -0.3 is 10.8 Å². The van der Waals surface area contributed by atoms with Crippen LogP contribution in [0.25, 0.3) is 0 Å². The second-order valence-electron chi connectivity index (χ2n) is 5.13. The Morgan fingerprint density at radius 2 is 1.94 bits per heavy atom. The lowest BCUT2D eigenvalue weighted by Gasteiger charge is -2.14. The van der Waals surface area contributed by atoms with Gasteiger partial charge in [0.15, 0.2) is 0 Å². The predicted octanol–water partition coefficient (Wildman–Crippen LogP) is 3.10. The number of carboxylic acid groups (broad SMARTS) is 1. The third-order valence-electron chi connectivity index (χ3n) is 4.16. The molecule has 0 radical (unpaired) electrons. The summed E-state index contributed by atoms with van der Waals surface area (Å²) in [5.74, 6) is -0.454. The number of carboxylic acids is 1. The molecular weight excluding hydrogens is 234 g/mol. The highest BCUT2D eigenvalue weighted by Crippen LogP contribution is 2.50. The van der Waals surface area contributed by atoms with Crippen molar-refractivity contribution in [2.24, 2.45) is 0 Å². The first-order chi connectivity index (χ1) is 8.18. The van der Waals surface area contributed by atoms with Crippen molar-refractivity contribution in [3.8, 4) is 0 Å². The molecule has 92 valence electrons. The summed E-state index contributed by atoms with van der Waals surface area (Å²) < 4.78 is 0. The number of aliphatic carboxylic acids is 1. The summed E-state index contributed by atoms with van der Waals surface area (Å²) in [5, 5.41) is 10.2. The van der Waals surface area contributed by atoms with Crippen molar-refractivity contribution >= 4 is 22.3 Å². The molecule has 1 aromatic rings. The molecule has 3 rings (SSSR count). The van der Waals surface area contributed by atoms with Crippen LogP contribution in [0.5, 0.6) is 0 Å². The van der Waals surface area contributed by atoms with Crippen LogP contribution >= 0.6 is 11.3 Å². The van der Waals surface area contributed by atoms with Gasteiger partial charge in [-0.3, -0.25) is 4.79 Å². The first-order valence-corrected chi connectivity index (χ1v) is 7.14. The highest BCUT2D eigenvalue weighted by Gasteiger charge is 2.36. The number of nitrogens with two attached hydrogens (primary N) is 1. The highest BCUT2D eigenvalue weighted by atomic mass is 32.1. The zero-order valence-corrected chi connectivity index (χ0v) is 10.6. The van der Waals surface area contributed by atoms with E-state index < -0.39 is 5.97 Å². The molecule has 1 aromatic heterocycles. The molecule has 4 heteroatoms. The number of fused-ring (bicyclic) bond motifs is 1. The first kappa shape index (κ1) is 11.1. The molecule has 3 N–H and O–H groups in total. The normalized spacial score (nSPS) is 24.1. The van der Waals surface area contributed by atoms with E-state index in [1.165, 1.54) is 36.1 Å². The molecule has 0 spiro atoms. The Bertz CT molecular complexity index is 460. The van der Waals surface area contributed by atoms with E-state index in [-0.39, 0.29) is 5.92 Å². The van der Waals surface area contributed by atoms with Crippen molar-refractivity contribution < 1.29 is 9.90 Å². The van der Waals surface area contributed by atoms with Gasteiger partial charge in [0.25, 0.3) is 0 Å². The van der Waals surface area contributed by atoms with E-state index in [0.717, 1.165) is 23.4 Å². The van der Waals surface area contributed by atoms with Crippen LogP contribution in [0, 0.1) is 0 Å². The maximum absolute atomic E-state index is 11.3. The number of anilines is 1. The van der Waals surface area contributed by atoms with Crippen LogP contribution in [0.15, 0.2) is 0 Å². The van der Waals surface area contributed by atoms with E-state index >= 15 is 0 Å². The van der Waals surface area contributed by atoms with E-state index in [2.05, 4.69) is 0 Å². The monoisotopic (exact) mass is 251 g/mol. The fraction of sp³-hybridized carbons (Fsp3) is 0.615. The number of hydrogen-bond donors (Lipinski definition) is 2. The van der Waals surface area contributed by atoms with Crippen LogP contribution in [0.3, 0.4) is 0 Å². The minimum absolute atomic E-state index is 0.297. The molecule has 3 nitrogen and oxygen atoms in total. The quantitative estimate of drug-likeness (QED) is 0.849. The Morgan fingerprint density at radius 1 is 1.24 bits per heavy atom. The highest BCUT2D eigenvalue weighted by molar-refractivity contribution is 7.16. The second-order valence-corrected chi connectivity index (χ2v) is 6.26. The van der Waals surface area contributed by atoms with Crippen molar-refractivity contribution in [3.05, 3.63) is 16.0 Å². The predicted molar refractivity (Wildman–Crippen MR) is 68.6 cm³/mol. The largest absolute Gasteiger partial charge is 0.481 e. The molecule has 0 bridgehead atoms. The lowest BCUT2D eigenvalue weighted by molar-refractivity contribution is -0.138. The second kappa shape index (κ2) is 4.02. The standard InChI is InChI=1S/C13H17NO2S/c14-12-10(7-3-1-2-4-7)11-8(13(15)16)5-6-9(11)17-12/h7-8H,1-6,14H2,(H,15,16). The summed E-state index contributed by atoms with van der Waals surface area (Å²) in [6.07, 6.45) is 6.53. The molecule has 0 amide bonds. The Morgan fingerprint density at radius 3 is 2.59 bits per heavy atom. The molecule has 1 atom stereocenters. The van der Waals surface area contributed by atoms with Gasteiger partial charge in [-0.2, -0.15) is 0 Å². The maximum Gasteiger partial charge on any atom is 0.311 e. The molecule has 1 saturated carbocycles. The van der Waals surface area contributed by atoms with Crippen molar-refractivity contribution in [2.75, 3.05) is 5.73 Å². The molecule has 2 aliphatic rings. The third-order valence-corrected chi connectivity index (χ3v) is 5.27. The minimum Gasteiger partial charge on any atom is -0.481 e. The molecule has 0 aliphatic heterocycles. The van der Waals surface area contributed by atoms with E-state index in [0.29, 0.717) is 5.92 Å². The van der Waals surface area contributed by atoms with Crippen LogP contribution in [-0.4, -0.2) is 11.1 Å². The summed E-state index contributed by atoms with van der Waals surface area (Å²) in [7, 11) is 0. The molecule has 1 fully saturated rings. The summed E-state index contributed by atoms with van der Waals surface area (Å²) in [6, 6.07) is 0. The van der Waals surface area contributed by atoms with Crippen molar-refractivity contribution in [2.45, 2.75) is 50.4 Å². The average molecular weight is 251 g/mol. The molecule has 1 heterocycles. The fourth-order valence-corrected chi connectivity index (χ4v) is 4.63.